The third-order valence-corrected chi connectivity index (χ3v) is 16.0. The van der Waals surface area contributed by atoms with Crippen LogP contribution >= 0.6 is 0 Å². The maximum Gasteiger partial charge on any atom is 0.192 e. The van der Waals surface area contributed by atoms with Crippen LogP contribution in [0.5, 0.6) is 0 Å². The normalized spacial score (nSPS) is 33.7. The Balaban J connectivity index is 1.32. The Labute approximate surface area is 231 Å². The highest BCUT2D eigenvalue weighted by atomic mass is 28.4. The summed E-state index contributed by atoms with van der Waals surface area (Å²) in [5.74, 6) is 2.73. The van der Waals surface area contributed by atoms with Crippen molar-refractivity contribution in [1.82, 2.24) is 4.90 Å². The van der Waals surface area contributed by atoms with E-state index in [2.05, 4.69) is 99.4 Å². The highest BCUT2D eigenvalue weighted by Gasteiger charge is 2.68. The smallest absolute Gasteiger partial charge is 0.192 e. The average Bonchev–Trinajstić information content (AvgIpc) is 3.38. The minimum Gasteiger partial charge on any atom is -0.414 e. The molecule has 204 valence electrons. The molecule has 1 aliphatic heterocycles. The number of ketones is 1. The number of carbonyl (C=O) groups is 1. The summed E-state index contributed by atoms with van der Waals surface area (Å²) in [6.45, 7) is 14.0. The van der Waals surface area contributed by atoms with E-state index in [9.17, 15) is 4.79 Å². The summed E-state index contributed by atoms with van der Waals surface area (Å²) < 4.78 is 7.25. The van der Waals surface area contributed by atoms with Crippen LogP contribution in [-0.2, 0) is 9.22 Å². The number of rotatable bonds is 5. The molecule has 6 atom stereocenters. The van der Waals surface area contributed by atoms with Crippen molar-refractivity contribution in [2.45, 2.75) is 89.6 Å². The topological polar surface area (TPSA) is 29.5 Å². The second-order valence-electron chi connectivity index (χ2n) is 14.4. The fourth-order valence-electron chi connectivity index (χ4n) is 8.84. The van der Waals surface area contributed by atoms with Gasteiger partial charge in [0.1, 0.15) is 5.78 Å². The first-order valence-corrected chi connectivity index (χ1v) is 18.1. The first-order valence-electron chi connectivity index (χ1n) is 15.2. The zero-order chi connectivity index (χ0) is 26.7. The molecule has 2 aromatic carbocycles. The lowest BCUT2D eigenvalue weighted by molar-refractivity contribution is -0.136. The molecule has 3 aliphatic carbocycles. The summed E-state index contributed by atoms with van der Waals surface area (Å²) in [4.78, 5) is 16.7. The molecular weight excluding hydrogens is 482 g/mol. The van der Waals surface area contributed by atoms with E-state index in [-0.39, 0.29) is 22.6 Å². The number of Topliss-reactive ketones (excluding diaryl/α,β-unsaturated/α-hetero) is 1. The lowest BCUT2D eigenvalue weighted by Crippen LogP contribution is -2.49. The zero-order valence-electron chi connectivity index (χ0n) is 24.2. The molecule has 2 aromatic rings. The minimum atomic E-state index is -1.92. The summed E-state index contributed by atoms with van der Waals surface area (Å²) in [6.07, 6.45) is 6.76. The van der Waals surface area contributed by atoms with Crippen LogP contribution in [0.1, 0.15) is 76.5 Å². The molecule has 4 heteroatoms. The number of carbonyl (C=O) groups excluding carboxylic acids is 1. The average molecular weight is 530 g/mol. The highest BCUT2D eigenvalue weighted by molar-refractivity contribution is 6.74. The van der Waals surface area contributed by atoms with Gasteiger partial charge in [0.2, 0.25) is 0 Å². The number of fused-ring (bicyclic) bond motifs is 2. The Bertz CT molecular complexity index is 1100. The molecule has 0 bridgehead atoms. The number of hydrogen-bond donors (Lipinski definition) is 0. The molecule has 0 unspecified atom stereocenters. The number of nitrogens with zero attached hydrogens (tertiary/aromatic N) is 1. The standard InChI is InChI=1S/C34H47NO2Si/c1-33(2,3)38(4,5)37-29-21-27-17-12-18-30(36)34(27)22-26-23-35(20-19-28(26)31(29)34)32(24-13-8-6-9-14-24)25-15-10-7-11-16-25/h6-11,13-16,26-29,31-32H,12,17-23H2,1-5H3/t26-,27+,28+,29+,31+,34-/m1/s1. The van der Waals surface area contributed by atoms with E-state index in [1.165, 1.54) is 24.0 Å². The van der Waals surface area contributed by atoms with E-state index in [1.54, 1.807) is 0 Å². The minimum absolute atomic E-state index is 0.119. The molecule has 0 aromatic heterocycles. The van der Waals surface area contributed by atoms with Crippen molar-refractivity contribution in [3.8, 4) is 0 Å². The number of hydrogen-bond acceptors (Lipinski definition) is 3. The van der Waals surface area contributed by atoms with Crippen molar-refractivity contribution in [3.05, 3.63) is 71.8 Å². The van der Waals surface area contributed by atoms with Crippen LogP contribution in [0.3, 0.4) is 0 Å². The summed E-state index contributed by atoms with van der Waals surface area (Å²) >= 11 is 0. The van der Waals surface area contributed by atoms with E-state index in [4.69, 9.17) is 4.43 Å². The van der Waals surface area contributed by atoms with Gasteiger partial charge in [0.15, 0.2) is 8.32 Å². The van der Waals surface area contributed by atoms with Gasteiger partial charge in [-0.05, 0) is 91.6 Å². The van der Waals surface area contributed by atoms with Crippen molar-refractivity contribution in [2.24, 2.45) is 29.1 Å². The summed E-state index contributed by atoms with van der Waals surface area (Å²) in [6, 6.07) is 22.3. The van der Waals surface area contributed by atoms with Gasteiger partial charge in [-0.1, -0.05) is 81.4 Å². The van der Waals surface area contributed by atoms with Crippen LogP contribution in [0, 0.1) is 29.1 Å². The predicted molar refractivity (Wildman–Crippen MR) is 157 cm³/mol. The van der Waals surface area contributed by atoms with Crippen molar-refractivity contribution < 1.29 is 9.22 Å². The van der Waals surface area contributed by atoms with Crippen LogP contribution in [0.15, 0.2) is 60.7 Å². The lowest BCUT2D eigenvalue weighted by atomic mass is 9.63. The van der Waals surface area contributed by atoms with Gasteiger partial charge >= 0.3 is 0 Å². The molecule has 3 saturated carbocycles. The maximum absolute atomic E-state index is 13.9. The molecular formula is C34H47NO2Si. The van der Waals surface area contributed by atoms with Crippen molar-refractivity contribution in [2.75, 3.05) is 13.1 Å². The van der Waals surface area contributed by atoms with Gasteiger partial charge < -0.3 is 4.43 Å². The number of piperidine rings is 1. The molecule has 4 fully saturated rings. The highest BCUT2D eigenvalue weighted by Crippen LogP contribution is 2.68. The van der Waals surface area contributed by atoms with Crippen LogP contribution in [-0.4, -0.2) is 38.2 Å². The molecule has 38 heavy (non-hydrogen) atoms. The van der Waals surface area contributed by atoms with E-state index in [0.717, 1.165) is 38.8 Å². The fourth-order valence-corrected chi connectivity index (χ4v) is 10.2. The molecule has 3 nitrogen and oxygen atoms in total. The first kappa shape index (κ1) is 26.5. The summed E-state index contributed by atoms with van der Waals surface area (Å²) in [5.41, 5.74) is 2.63. The van der Waals surface area contributed by atoms with Gasteiger partial charge in [-0.25, -0.2) is 0 Å². The van der Waals surface area contributed by atoms with Crippen molar-refractivity contribution in [1.29, 1.82) is 0 Å². The van der Waals surface area contributed by atoms with Gasteiger partial charge in [0.25, 0.3) is 0 Å². The Morgan fingerprint density at radius 2 is 1.61 bits per heavy atom. The number of likely N-dealkylation sites (tertiary alicyclic amines) is 1. The molecule has 4 aliphatic rings. The third kappa shape index (κ3) is 4.26. The SMILES string of the molecule is CC(C)(C)[Si](C)(C)O[C@H]1C[C@@H]2CCCC(=O)[C@@]23C[C@@H]2CN(C(c4ccccc4)c4ccccc4)CC[C@@H]2[C@@H]13. The second kappa shape index (κ2) is 9.71. The Kier molecular flexibility index (Phi) is 6.76. The summed E-state index contributed by atoms with van der Waals surface area (Å²) in [5, 5.41) is 0.192. The van der Waals surface area contributed by atoms with E-state index < -0.39 is 8.32 Å². The molecule has 0 radical (unpaired) electrons. The van der Waals surface area contributed by atoms with Gasteiger partial charge in [-0.2, -0.15) is 0 Å². The van der Waals surface area contributed by atoms with Crippen LogP contribution in [0.4, 0.5) is 0 Å². The molecule has 1 saturated heterocycles. The molecule has 0 amide bonds. The fraction of sp³-hybridized carbons (Fsp3) is 0.618. The van der Waals surface area contributed by atoms with Crippen molar-refractivity contribution >= 4 is 14.1 Å². The molecule has 1 spiro atoms. The quantitative estimate of drug-likeness (QED) is 0.369. The van der Waals surface area contributed by atoms with Crippen LogP contribution < -0.4 is 0 Å². The van der Waals surface area contributed by atoms with Gasteiger partial charge in [-0.3, -0.25) is 9.69 Å². The maximum atomic E-state index is 13.9. The first-order chi connectivity index (χ1) is 18.1. The van der Waals surface area contributed by atoms with E-state index >= 15 is 0 Å². The largest absolute Gasteiger partial charge is 0.414 e. The molecule has 6 rings (SSSR count). The van der Waals surface area contributed by atoms with Gasteiger partial charge in [-0.15, -0.1) is 0 Å². The Hall–Kier alpha value is -1.75. The monoisotopic (exact) mass is 529 g/mol. The lowest BCUT2D eigenvalue weighted by Gasteiger charge is -2.45. The second-order valence-corrected chi connectivity index (χ2v) is 19.1. The Morgan fingerprint density at radius 1 is 0.974 bits per heavy atom. The van der Waals surface area contributed by atoms with Crippen molar-refractivity contribution in [3.63, 3.8) is 0 Å². The van der Waals surface area contributed by atoms with E-state index in [1.807, 2.05) is 0 Å². The van der Waals surface area contributed by atoms with E-state index in [0.29, 0.717) is 29.5 Å². The third-order valence-electron chi connectivity index (χ3n) is 11.4. The number of benzene rings is 2. The van der Waals surface area contributed by atoms with Gasteiger partial charge in [0, 0.05) is 24.5 Å². The molecule has 0 N–H and O–H groups in total. The molecule has 1 heterocycles. The zero-order valence-corrected chi connectivity index (χ0v) is 25.2. The van der Waals surface area contributed by atoms with Crippen LogP contribution in [0.2, 0.25) is 18.1 Å². The summed E-state index contributed by atoms with van der Waals surface area (Å²) in [7, 11) is -1.92. The van der Waals surface area contributed by atoms with Crippen LogP contribution in [0.25, 0.3) is 0 Å². The predicted octanol–water partition coefficient (Wildman–Crippen LogP) is 7.88. The van der Waals surface area contributed by atoms with Gasteiger partial charge in [0.05, 0.1) is 6.04 Å². The Morgan fingerprint density at radius 3 is 2.21 bits per heavy atom.